The Hall–Kier alpha value is -2.44. The van der Waals surface area contributed by atoms with Gasteiger partial charge in [0.1, 0.15) is 5.75 Å². The molecular weight excluding hydrogens is 306 g/mol. The van der Waals surface area contributed by atoms with E-state index in [-0.39, 0.29) is 12.5 Å². The first kappa shape index (κ1) is 16.4. The van der Waals surface area contributed by atoms with Gasteiger partial charge in [0.15, 0.2) is 0 Å². The quantitative estimate of drug-likeness (QED) is 0.753. The third-order valence-corrected chi connectivity index (χ3v) is 4.08. The zero-order valence-electron chi connectivity index (χ0n) is 13.6. The molecule has 1 saturated carbocycles. The summed E-state index contributed by atoms with van der Waals surface area (Å²) < 4.78 is 5.77. The van der Waals surface area contributed by atoms with E-state index in [0.717, 1.165) is 24.1 Å². The Labute approximate surface area is 140 Å². The highest BCUT2D eigenvalue weighted by Crippen LogP contribution is 2.35. The Morgan fingerprint density at radius 1 is 1.38 bits per heavy atom. The van der Waals surface area contributed by atoms with Crippen molar-refractivity contribution in [1.82, 2.24) is 10.3 Å². The number of nitrogens with two attached hydrogens (primary N) is 1. The highest BCUT2D eigenvalue weighted by atomic mass is 16.5. The van der Waals surface area contributed by atoms with Crippen molar-refractivity contribution < 1.29 is 14.6 Å². The Balaban J connectivity index is 1.76. The molecule has 3 rings (SSSR count). The van der Waals surface area contributed by atoms with Crippen LogP contribution in [0.2, 0.25) is 0 Å². The van der Waals surface area contributed by atoms with Crippen LogP contribution in [0.5, 0.6) is 11.6 Å². The van der Waals surface area contributed by atoms with Crippen LogP contribution >= 0.6 is 0 Å². The molecule has 0 bridgehead atoms. The summed E-state index contributed by atoms with van der Waals surface area (Å²) in [5, 5.41) is 12.2. The van der Waals surface area contributed by atoms with Crippen LogP contribution in [0.15, 0.2) is 36.4 Å². The summed E-state index contributed by atoms with van der Waals surface area (Å²) in [6, 6.07) is 10.6. The number of amides is 1. The predicted molar refractivity (Wildman–Crippen MR) is 89.9 cm³/mol. The van der Waals surface area contributed by atoms with Crippen LogP contribution in [0.1, 0.15) is 34.5 Å². The lowest BCUT2D eigenvalue weighted by atomic mass is 10.1. The highest BCUT2D eigenvalue weighted by molar-refractivity contribution is 5.95. The van der Waals surface area contributed by atoms with E-state index in [1.54, 1.807) is 30.3 Å². The number of ether oxygens (including phenoxy) is 1. The van der Waals surface area contributed by atoms with Crippen LogP contribution in [0.25, 0.3) is 0 Å². The average Bonchev–Trinajstić information content (AvgIpc) is 3.34. The van der Waals surface area contributed by atoms with Gasteiger partial charge in [-0.05, 0) is 49.6 Å². The molecule has 2 aromatic rings. The summed E-state index contributed by atoms with van der Waals surface area (Å²) in [5.41, 5.74) is 7.46. The largest absolute Gasteiger partial charge is 0.439 e. The van der Waals surface area contributed by atoms with E-state index in [0.29, 0.717) is 23.7 Å². The number of hydrogen-bond donors (Lipinski definition) is 3. The van der Waals surface area contributed by atoms with E-state index in [9.17, 15) is 9.90 Å². The van der Waals surface area contributed by atoms with Gasteiger partial charge in [-0.15, -0.1) is 0 Å². The maximum absolute atomic E-state index is 12.3. The standard InChI is InChI=1S/C18H21N3O3/c1-12-7-13(10-19)8-16(20-12)24-15-4-2-3-14(9-15)17(23)21-18(11-22)5-6-18/h2-4,7-9,22H,5-6,10-11,19H2,1H3,(H,21,23). The van der Waals surface area contributed by atoms with Crippen LogP contribution in [-0.4, -0.2) is 28.1 Å². The van der Waals surface area contributed by atoms with Crippen molar-refractivity contribution >= 4 is 5.91 Å². The summed E-state index contributed by atoms with van der Waals surface area (Å²) in [5.74, 6) is 0.756. The number of aliphatic hydroxyl groups is 1. The number of hydrogen-bond acceptors (Lipinski definition) is 5. The number of benzene rings is 1. The lowest BCUT2D eigenvalue weighted by Crippen LogP contribution is -2.39. The number of aliphatic hydroxyl groups excluding tert-OH is 1. The molecule has 1 aliphatic rings. The zero-order chi connectivity index (χ0) is 17.2. The summed E-state index contributed by atoms with van der Waals surface area (Å²) in [6.07, 6.45) is 1.61. The minimum Gasteiger partial charge on any atom is -0.439 e. The molecule has 6 heteroatoms. The molecule has 0 saturated heterocycles. The molecule has 0 aliphatic heterocycles. The van der Waals surface area contributed by atoms with E-state index >= 15 is 0 Å². The van der Waals surface area contributed by atoms with Gasteiger partial charge < -0.3 is 20.9 Å². The van der Waals surface area contributed by atoms with Gasteiger partial charge in [-0.1, -0.05) is 6.07 Å². The third kappa shape index (κ3) is 3.72. The van der Waals surface area contributed by atoms with Crippen LogP contribution in [-0.2, 0) is 6.54 Å². The fourth-order valence-electron chi connectivity index (χ4n) is 2.49. The first-order valence-corrected chi connectivity index (χ1v) is 7.92. The minimum atomic E-state index is -0.442. The van der Waals surface area contributed by atoms with E-state index in [4.69, 9.17) is 10.5 Å². The van der Waals surface area contributed by atoms with Crippen molar-refractivity contribution in [2.24, 2.45) is 5.73 Å². The molecule has 1 amide bonds. The van der Waals surface area contributed by atoms with Crippen molar-refractivity contribution in [2.75, 3.05) is 6.61 Å². The zero-order valence-corrected chi connectivity index (χ0v) is 13.6. The average molecular weight is 327 g/mol. The van der Waals surface area contributed by atoms with Gasteiger partial charge in [0.05, 0.1) is 12.1 Å². The molecule has 24 heavy (non-hydrogen) atoms. The van der Waals surface area contributed by atoms with Crippen molar-refractivity contribution in [3.8, 4) is 11.6 Å². The molecule has 6 nitrogen and oxygen atoms in total. The number of carbonyl (C=O) groups is 1. The SMILES string of the molecule is Cc1cc(CN)cc(Oc2cccc(C(=O)NC3(CO)CC3)c2)n1. The molecule has 0 radical (unpaired) electrons. The van der Waals surface area contributed by atoms with Crippen LogP contribution in [0, 0.1) is 6.92 Å². The topological polar surface area (TPSA) is 97.5 Å². The first-order chi connectivity index (χ1) is 11.5. The van der Waals surface area contributed by atoms with Gasteiger partial charge >= 0.3 is 0 Å². The van der Waals surface area contributed by atoms with Gasteiger partial charge in [-0.2, -0.15) is 0 Å². The molecule has 1 aromatic carbocycles. The number of aryl methyl sites for hydroxylation is 1. The third-order valence-electron chi connectivity index (χ3n) is 4.08. The number of pyridine rings is 1. The van der Waals surface area contributed by atoms with Crippen molar-refractivity contribution in [3.63, 3.8) is 0 Å². The molecule has 1 heterocycles. The molecule has 0 atom stereocenters. The molecule has 1 aliphatic carbocycles. The van der Waals surface area contributed by atoms with Crippen molar-refractivity contribution in [1.29, 1.82) is 0 Å². The number of nitrogens with zero attached hydrogens (tertiary/aromatic N) is 1. The Morgan fingerprint density at radius 3 is 2.83 bits per heavy atom. The van der Waals surface area contributed by atoms with E-state index < -0.39 is 5.54 Å². The highest BCUT2D eigenvalue weighted by Gasteiger charge is 2.43. The lowest BCUT2D eigenvalue weighted by molar-refractivity contribution is 0.0906. The number of carbonyl (C=O) groups excluding carboxylic acids is 1. The predicted octanol–water partition coefficient (Wildman–Crippen LogP) is 1.90. The summed E-state index contributed by atoms with van der Waals surface area (Å²) in [4.78, 5) is 16.6. The molecule has 126 valence electrons. The normalized spacial score (nSPS) is 15.0. The second kappa shape index (κ2) is 6.59. The summed E-state index contributed by atoms with van der Waals surface area (Å²) >= 11 is 0. The number of rotatable bonds is 6. The summed E-state index contributed by atoms with van der Waals surface area (Å²) in [7, 11) is 0. The smallest absolute Gasteiger partial charge is 0.251 e. The Morgan fingerprint density at radius 2 is 2.17 bits per heavy atom. The van der Waals surface area contributed by atoms with Crippen LogP contribution in [0.4, 0.5) is 0 Å². The van der Waals surface area contributed by atoms with Gasteiger partial charge in [-0.3, -0.25) is 4.79 Å². The Kier molecular flexibility index (Phi) is 4.51. The van der Waals surface area contributed by atoms with Gasteiger partial charge in [0, 0.05) is 23.9 Å². The maximum atomic E-state index is 12.3. The summed E-state index contributed by atoms with van der Waals surface area (Å²) in [6.45, 7) is 2.25. The Bertz CT molecular complexity index is 757. The monoisotopic (exact) mass is 327 g/mol. The second-order valence-electron chi connectivity index (χ2n) is 6.18. The van der Waals surface area contributed by atoms with Crippen molar-refractivity contribution in [2.45, 2.75) is 31.8 Å². The molecule has 1 aromatic heterocycles. The van der Waals surface area contributed by atoms with Crippen molar-refractivity contribution in [3.05, 3.63) is 53.2 Å². The fraction of sp³-hybridized carbons (Fsp3) is 0.333. The van der Waals surface area contributed by atoms with Gasteiger partial charge in [0.25, 0.3) is 5.91 Å². The van der Waals surface area contributed by atoms with Gasteiger partial charge in [-0.25, -0.2) is 4.98 Å². The fourth-order valence-corrected chi connectivity index (χ4v) is 2.49. The number of aromatic nitrogens is 1. The first-order valence-electron chi connectivity index (χ1n) is 7.92. The molecule has 4 N–H and O–H groups in total. The molecule has 0 unspecified atom stereocenters. The van der Waals surface area contributed by atoms with Crippen LogP contribution < -0.4 is 15.8 Å². The minimum absolute atomic E-state index is 0.0377. The van der Waals surface area contributed by atoms with Gasteiger partial charge in [0.2, 0.25) is 5.88 Å². The van der Waals surface area contributed by atoms with Crippen LogP contribution in [0.3, 0.4) is 0 Å². The molecular formula is C18H21N3O3. The maximum Gasteiger partial charge on any atom is 0.251 e. The molecule has 1 fully saturated rings. The lowest BCUT2D eigenvalue weighted by Gasteiger charge is -2.14. The van der Waals surface area contributed by atoms with E-state index in [1.165, 1.54) is 0 Å². The van der Waals surface area contributed by atoms with E-state index in [2.05, 4.69) is 10.3 Å². The molecule has 0 spiro atoms. The number of nitrogens with one attached hydrogen (secondary N) is 1. The second-order valence-corrected chi connectivity index (χ2v) is 6.18. The van der Waals surface area contributed by atoms with E-state index in [1.807, 2.05) is 13.0 Å².